The number of aliphatic hydroxyl groups is 1. The highest BCUT2D eigenvalue weighted by Gasteiger charge is 2.34. The van der Waals surface area contributed by atoms with Crippen LogP contribution < -0.4 is 0 Å². The molecule has 0 amide bonds. The normalized spacial score (nSPS) is 16.1. The first-order valence-electron chi connectivity index (χ1n) is 10.2. The van der Waals surface area contributed by atoms with Crippen molar-refractivity contribution in [3.05, 3.63) is 23.8 Å². The van der Waals surface area contributed by atoms with Crippen LogP contribution >= 0.6 is 0 Å². The summed E-state index contributed by atoms with van der Waals surface area (Å²) in [7, 11) is -0.210. The molecule has 0 saturated heterocycles. The Bertz CT molecular complexity index is 619. The first kappa shape index (κ1) is 27.6. The Labute approximate surface area is 178 Å². The summed E-state index contributed by atoms with van der Waals surface area (Å²) in [5.74, 6) is 2.71. The van der Waals surface area contributed by atoms with E-state index in [4.69, 9.17) is 14.2 Å². The van der Waals surface area contributed by atoms with Gasteiger partial charge in [0.1, 0.15) is 21.0 Å². The molecular weight excluding hydrogens is 384 g/mol. The van der Waals surface area contributed by atoms with Crippen LogP contribution in [-0.4, -0.2) is 51.9 Å². The van der Waals surface area contributed by atoms with E-state index in [0.29, 0.717) is 13.0 Å². The molecule has 0 spiro atoms. The average Bonchev–Trinajstić information content (AvgIpc) is 2.63. The summed E-state index contributed by atoms with van der Waals surface area (Å²) in [6, 6.07) is 0. The maximum atomic E-state index is 11.4. The Kier molecular flexibility index (Phi) is 12.4. The van der Waals surface area contributed by atoms with Gasteiger partial charge in [-0.2, -0.15) is 0 Å². The third kappa shape index (κ3) is 10.8. The third-order valence-corrected chi connectivity index (χ3v) is 9.82. The van der Waals surface area contributed by atoms with Crippen LogP contribution in [0.2, 0.25) is 18.1 Å². The van der Waals surface area contributed by atoms with Gasteiger partial charge in [-0.15, -0.1) is 5.54 Å². The first-order chi connectivity index (χ1) is 13.4. The summed E-state index contributed by atoms with van der Waals surface area (Å²) >= 11 is 0. The molecule has 6 heteroatoms. The number of allylic oxidation sites excluding steroid dienone is 2. The second kappa shape index (κ2) is 13.0. The molecule has 0 rings (SSSR count). The van der Waals surface area contributed by atoms with Crippen molar-refractivity contribution < 1.29 is 24.1 Å². The van der Waals surface area contributed by atoms with Crippen molar-refractivity contribution in [2.75, 3.05) is 20.5 Å². The minimum atomic E-state index is -1.78. The molecule has 0 aromatic heterocycles. The average molecular weight is 425 g/mol. The second-order valence-electron chi connectivity index (χ2n) is 8.83. The van der Waals surface area contributed by atoms with Crippen molar-refractivity contribution in [2.24, 2.45) is 5.92 Å². The molecule has 0 unspecified atom stereocenters. The van der Waals surface area contributed by atoms with Crippen LogP contribution in [0.5, 0.6) is 0 Å². The van der Waals surface area contributed by atoms with Gasteiger partial charge in [-0.1, -0.05) is 64.4 Å². The number of hydrogen-bond acceptors (Lipinski definition) is 5. The van der Waals surface area contributed by atoms with Gasteiger partial charge in [0, 0.05) is 19.1 Å². The lowest BCUT2D eigenvalue weighted by Gasteiger charge is -2.32. The fourth-order valence-corrected chi connectivity index (χ4v) is 2.96. The molecule has 0 bridgehead atoms. The van der Waals surface area contributed by atoms with Gasteiger partial charge in [0.15, 0.2) is 0 Å². The maximum absolute atomic E-state index is 11.4. The number of esters is 1. The summed E-state index contributed by atoms with van der Waals surface area (Å²) < 4.78 is 15.7. The van der Waals surface area contributed by atoms with Crippen LogP contribution in [0.4, 0.5) is 0 Å². The van der Waals surface area contributed by atoms with Gasteiger partial charge in [0.25, 0.3) is 0 Å². The molecule has 166 valence electrons. The van der Waals surface area contributed by atoms with Crippen LogP contribution in [0.1, 0.15) is 48.0 Å². The van der Waals surface area contributed by atoms with Crippen LogP contribution in [0.15, 0.2) is 23.8 Å². The molecule has 5 nitrogen and oxygen atoms in total. The zero-order valence-corrected chi connectivity index (χ0v) is 20.7. The maximum Gasteiger partial charge on any atom is 0.330 e. The Morgan fingerprint density at radius 2 is 1.86 bits per heavy atom. The number of ether oxygens (including phenoxy) is 3. The highest BCUT2D eigenvalue weighted by molar-refractivity contribution is 6.87. The predicted octanol–water partition coefficient (Wildman–Crippen LogP) is 4.48. The fraction of sp³-hybridized carbons (Fsp3) is 0.696. The number of rotatable bonds is 10. The Balaban J connectivity index is 5.19. The van der Waals surface area contributed by atoms with E-state index in [2.05, 4.69) is 45.3 Å². The zero-order valence-electron chi connectivity index (χ0n) is 19.7. The number of carbonyl (C=O) groups is 1. The van der Waals surface area contributed by atoms with Crippen molar-refractivity contribution >= 4 is 14.0 Å². The van der Waals surface area contributed by atoms with E-state index in [1.165, 1.54) is 6.08 Å². The Morgan fingerprint density at radius 1 is 1.24 bits per heavy atom. The Hall–Kier alpha value is -1.39. The highest BCUT2D eigenvalue weighted by atomic mass is 28.3. The number of methoxy groups -OCH3 is 1. The summed E-state index contributed by atoms with van der Waals surface area (Å²) in [6.45, 7) is 17.2. The summed E-state index contributed by atoms with van der Waals surface area (Å²) in [5, 5.41) is 10.8. The standard InChI is InChI=1S/C23H40O5Si/c1-10-27-22(25)14-12-18(2)11-13-20(24)19(3)21(28-17-26-7)15-16-29(8,9)23(4,5)6/h11-12,14,19-21,24H,10,13,17H2,1-9H3/b14-12+,18-11+/t19-,20-,21+/m0/s1. The van der Waals surface area contributed by atoms with Crippen LogP contribution in [-0.2, 0) is 19.0 Å². The van der Waals surface area contributed by atoms with Crippen molar-refractivity contribution in [3.63, 3.8) is 0 Å². The van der Waals surface area contributed by atoms with Crippen molar-refractivity contribution in [1.82, 2.24) is 0 Å². The topological polar surface area (TPSA) is 65.0 Å². The van der Waals surface area contributed by atoms with Gasteiger partial charge in [0.2, 0.25) is 0 Å². The zero-order chi connectivity index (χ0) is 22.7. The lowest BCUT2D eigenvalue weighted by Crippen LogP contribution is -2.37. The highest BCUT2D eigenvalue weighted by Crippen LogP contribution is 2.35. The number of aliphatic hydroxyl groups excluding tert-OH is 1. The molecule has 0 aromatic carbocycles. The lowest BCUT2D eigenvalue weighted by atomic mass is 9.95. The SMILES string of the molecule is CCOC(=O)/C=C/C(C)=C/C[C@H](O)[C@H](C)[C@@H](C#C[Si](C)(C)C(C)(C)C)OCOC. The van der Waals surface area contributed by atoms with Crippen LogP contribution in [0, 0.1) is 17.4 Å². The van der Waals surface area contributed by atoms with E-state index >= 15 is 0 Å². The van der Waals surface area contributed by atoms with E-state index in [9.17, 15) is 9.90 Å². The van der Waals surface area contributed by atoms with E-state index in [-0.39, 0.29) is 23.7 Å². The van der Waals surface area contributed by atoms with Crippen molar-refractivity contribution in [1.29, 1.82) is 0 Å². The molecular formula is C23H40O5Si. The molecule has 0 saturated carbocycles. The molecule has 1 N–H and O–H groups in total. The fourth-order valence-electron chi connectivity index (χ4n) is 2.09. The lowest BCUT2D eigenvalue weighted by molar-refractivity contribution is -0.137. The quantitative estimate of drug-likeness (QED) is 0.140. The minimum Gasteiger partial charge on any atom is -0.463 e. The smallest absolute Gasteiger partial charge is 0.330 e. The molecule has 0 aliphatic heterocycles. The van der Waals surface area contributed by atoms with Crippen LogP contribution in [0.25, 0.3) is 0 Å². The summed E-state index contributed by atoms with van der Waals surface area (Å²) in [5.41, 5.74) is 4.35. The molecule has 0 heterocycles. The van der Waals surface area contributed by atoms with Gasteiger partial charge in [-0.05, 0) is 25.3 Å². The summed E-state index contributed by atoms with van der Waals surface area (Å²) in [6.07, 6.45) is 4.37. The predicted molar refractivity (Wildman–Crippen MR) is 121 cm³/mol. The van der Waals surface area contributed by atoms with Gasteiger partial charge >= 0.3 is 5.97 Å². The molecule has 0 aromatic rings. The summed E-state index contributed by atoms with van der Waals surface area (Å²) in [4.78, 5) is 11.4. The van der Waals surface area contributed by atoms with Gasteiger partial charge in [0.05, 0.1) is 12.7 Å². The van der Waals surface area contributed by atoms with E-state index < -0.39 is 20.3 Å². The van der Waals surface area contributed by atoms with Crippen molar-refractivity contribution in [2.45, 2.75) is 78.3 Å². The molecule has 29 heavy (non-hydrogen) atoms. The third-order valence-electron chi connectivity index (χ3n) is 5.30. The minimum absolute atomic E-state index is 0.130. The molecule has 0 aliphatic carbocycles. The van der Waals surface area contributed by atoms with E-state index in [1.54, 1.807) is 20.1 Å². The monoisotopic (exact) mass is 424 g/mol. The van der Waals surface area contributed by atoms with Gasteiger partial charge in [-0.3, -0.25) is 0 Å². The van der Waals surface area contributed by atoms with Gasteiger partial charge in [-0.25, -0.2) is 4.79 Å². The second-order valence-corrected chi connectivity index (χ2v) is 13.8. The largest absolute Gasteiger partial charge is 0.463 e. The number of carbonyl (C=O) groups excluding carboxylic acids is 1. The first-order valence-corrected chi connectivity index (χ1v) is 13.2. The van der Waals surface area contributed by atoms with E-state index in [1.807, 2.05) is 19.9 Å². The van der Waals surface area contributed by atoms with Gasteiger partial charge < -0.3 is 19.3 Å². The molecule has 0 radical (unpaired) electrons. The molecule has 0 fully saturated rings. The number of hydrogen-bond donors (Lipinski definition) is 1. The van der Waals surface area contributed by atoms with E-state index in [0.717, 1.165) is 5.57 Å². The van der Waals surface area contributed by atoms with Crippen LogP contribution in [0.3, 0.4) is 0 Å². The van der Waals surface area contributed by atoms with Crippen molar-refractivity contribution in [3.8, 4) is 11.5 Å². The molecule has 3 atom stereocenters. The Morgan fingerprint density at radius 3 is 2.38 bits per heavy atom. The molecule has 0 aliphatic rings.